The molecule has 0 spiro atoms. The number of amides is 2. The zero-order chi connectivity index (χ0) is 15.8. The zero-order valence-corrected chi connectivity index (χ0v) is 13.2. The summed E-state index contributed by atoms with van der Waals surface area (Å²) in [5.74, 6) is -0.307. The maximum absolute atomic E-state index is 12.0. The first-order chi connectivity index (χ1) is 9.19. The minimum atomic E-state index is -0.778. The van der Waals surface area contributed by atoms with Crippen LogP contribution in [-0.2, 0) is 14.3 Å². The predicted molar refractivity (Wildman–Crippen MR) is 77.5 cm³/mol. The van der Waals surface area contributed by atoms with Gasteiger partial charge in [-0.15, -0.1) is 0 Å². The molecule has 0 saturated heterocycles. The molecule has 1 unspecified atom stereocenters. The lowest BCUT2D eigenvalue weighted by Crippen LogP contribution is -2.50. The Labute approximate surface area is 120 Å². The highest BCUT2D eigenvalue weighted by Gasteiger charge is 2.24. The number of rotatable bonds is 6. The Bertz CT molecular complexity index is 359. The first-order valence-corrected chi connectivity index (χ1v) is 6.57. The fourth-order valence-corrected chi connectivity index (χ4v) is 1.25. The number of alkyl carbamates (subject to hydrolysis) is 1. The second kappa shape index (κ2) is 8.58. The summed E-state index contributed by atoms with van der Waals surface area (Å²) in [6.45, 7) is 9.60. The summed E-state index contributed by atoms with van der Waals surface area (Å²) in [4.78, 5) is 23.6. The summed E-state index contributed by atoms with van der Waals surface area (Å²) in [6.07, 6.45) is 1.27. The third-order valence-corrected chi connectivity index (χ3v) is 2.38. The Morgan fingerprint density at radius 1 is 1.30 bits per heavy atom. The summed E-state index contributed by atoms with van der Waals surface area (Å²) in [6, 6.07) is -0.778. The van der Waals surface area contributed by atoms with E-state index < -0.39 is 17.7 Å². The third-order valence-electron chi connectivity index (χ3n) is 2.38. The summed E-state index contributed by atoms with van der Waals surface area (Å²) < 4.78 is 10.1. The van der Waals surface area contributed by atoms with Gasteiger partial charge in [0.25, 0.3) is 0 Å². The van der Waals surface area contributed by atoms with Gasteiger partial charge in [0.2, 0.25) is 5.91 Å². The summed E-state index contributed by atoms with van der Waals surface area (Å²) >= 11 is 0. The van der Waals surface area contributed by atoms with Crippen LogP contribution in [0.1, 0.15) is 34.6 Å². The van der Waals surface area contributed by atoms with Crippen LogP contribution < -0.4 is 10.6 Å². The van der Waals surface area contributed by atoms with Gasteiger partial charge in [-0.25, -0.2) is 4.79 Å². The van der Waals surface area contributed by atoms with Gasteiger partial charge in [0.05, 0.1) is 6.61 Å². The number of hydrogen-bond donors (Lipinski definition) is 2. The van der Waals surface area contributed by atoms with E-state index in [2.05, 4.69) is 10.6 Å². The van der Waals surface area contributed by atoms with Gasteiger partial charge in [-0.05, 0) is 34.6 Å². The van der Waals surface area contributed by atoms with Crippen molar-refractivity contribution >= 4 is 12.0 Å². The number of carbonyl (C=O) groups is 2. The molecule has 116 valence electrons. The second-order valence-corrected chi connectivity index (χ2v) is 5.51. The molecule has 0 aliphatic rings. The maximum Gasteiger partial charge on any atom is 0.408 e. The first-order valence-electron chi connectivity index (χ1n) is 6.57. The topological polar surface area (TPSA) is 76.7 Å². The van der Waals surface area contributed by atoms with Crippen molar-refractivity contribution in [1.82, 2.24) is 10.6 Å². The van der Waals surface area contributed by atoms with Gasteiger partial charge in [0.15, 0.2) is 0 Å². The Morgan fingerprint density at radius 3 is 2.35 bits per heavy atom. The van der Waals surface area contributed by atoms with E-state index in [0.717, 1.165) is 5.57 Å². The Hall–Kier alpha value is -1.56. The molecule has 2 amide bonds. The summed E-state index contributed by atoms with van der Waals surface area (Å²) in [5.41, 5.74) is 0.423. The molecule has 0 bridgehead atoms. The maximum atomic E-state index is 12.0. The van der Waals surface area contributed by atoms with Crippen LogP contribution in [-0.4, -0.2) is 43.9 Å². The highest BCUT2D eigenvalue weighted by atomic mass is 16.6. The highest BCUT2D eigenvalue weighted by molar-refractivity contribution is 5.86. The van der Waals surface area contributed by atoms with Crippen LogP contribution >= 0.6 is 0 Å². The molecular formula is C14H26N2O4. The van der Waals surface area contributed by atoms with Crippen LogP contribution in [0, 0.1) is 0 Å². The molecule has 0 aliphatic heterocycles. The van der Waals surface area contributed by atoms with Crippen molar-refractivity contribution in [3.8, 4) is 0 Å². The van der Waals surface area contributed by atoms with E-state index in [9.17, 15) is 9.59 Å². The molecule has 0 aliphatic carbocycles. The monoisotopic (exact) mass is 286 g/mol. The average molecular weight is 286 g/mol. The lowest BCUT2D eigenvalue weighted by Gasteiger charge is -2.23. The Balaban J connectivity index is 4.48. The van der Waals surface area contributed by atoms with E-state index in [-0.39, 0.29) is 12.5 Å². The molecule has 2 N–H and O–H groups in total. The molecule has 0 saturated carbocycles. The van der Waals surface area contributed by atoms with Gasteiger partial charge in [0.1, 0.15) is 11.6 Å². The quantitative estimate of drug-likeness (QED) is 0.727. The second-order valence-electron chi connectivity index (χ2n) is 5.51. The minimum Gasteiger partial charge on any atom is -0.444 e. The van der Waals surface area contributed by atoms with E-state index in [4.69, 9.17) is 9.47 Å². The number of allylic oxidation sites excluding steroid dienone is 1. The van der Waals surface area contributed by atoms with Crippen molar-refractivity contribution in [3.63, 3.8) is 0 Å². The predicted octanol–water partition coefficient (Wildman–Crippen LogP) is 1.61. The van der Waals surface area contributed by atoms with Crippen molar-refractivity contribution in [2.45, 2.75) is 46.3 Å². The Morgan fingerprint density at radius 2 is 1.90 bits per heavy atom. The smallest absolute Gasteiger partial charge is 0.408 e. The average Bonchev–Trinajstić information content (AvgIpc) is 2.32. The van der Waals surface area contributed by atoms with E-state index in [1.165, 1.54) is 7.11 Å². The first kappa shape index (κ1) is 18.4. The number of hydrogen-bond acceptors (Lipinski definition) is 4. The largest absolute Gasteiger partial charge is 0.444 e. The fraction of sp³-hybridized carbons (Fsp3) is 0.714. The third kappa shape index (κ3) is 8.53. The lowest BCUT2D eigenvalue weighted by molar-refractivity contribution is -0.124. The SMILES string of the molecule is CC=C(C)CNC(=O)C(COC)NC(=O)OC(C)(C)C. The van der Waals surface area contributed by atoms with Gasteiger partial charge in [-0.1, -0.05) is 11.6 Å². The summed E-state index contributed by atoms with van der Waals surface area (Å²) in [5, 5.41) is 5.23. The van der Waals surface area contributed by atoms with Gasteiger partial charge in [-0.3, -0.25) is 4.79 Å². The van der Waals surface area contributed by atoms with Gasteiger partial charge in [-0.2, -0.15) is 0 Å². The van der Waals surface area contributed by atoms with Crippen molar-refractivity contribution in [2.75, 3.05) is 20.3 Å². The van der Waals surface area contributed by atoms with Crippen LogP contribution in [0.25, 0.3) is 0 Å². The van der Waals surface area contributed by atoms with E-state index in [1.54, 1.807) is 20.8 Å². The molecule has 0 aromatic carbocycles. The number of ether oxygens (including phenoxy) is 2. The van der Waals surface area contributed by atoms with Crippen LogP contribution in [0.2, 0.25) is 0 Å². The molecule has 6 heteroatoms. The highest BCUT2D eigenvalue weighted by Crippen LogP contribution is 2.06. The van der Waals surface area contributed by atoms with Gasteiger partial charge >= 0.3 is 6.09 Å². The minimum absolute atomic E-state index is 0.0833. The molecule has 20 heavy (non-hydrogen) atoms. The Kier molecular flexibility index (Phi) is 7.91. The lowest BCUT2D eigenvalue weighted by atomic mass is 10.2. The number of carbonyl (C=O) groups excluding carboxylic acids is 2. The van der Waals surface area contributed by atoms with Crippen molar-refractivity contribution in [2.24, 2.45) is 0 Å². The molecule has 0 rings (SSSR count). The molecule has 0 aromatic heterocycles. The molecule has 0 fully saturated rings. The standard InChI is InChI=1S/C14H26N2O4/c1-7-10(2)8-15-12(17)11(9-19-6)16-13(18)20-14(3,4)5/h7,11H,8-9H2,1-6H3,(H,15,17)(H,16,18). The molecule has 0 heterocycles. The zero-order valence-electron chi connectivity index (χ0n) is 13.2. The molecular weight excluding hydrogens is 260 g/mol. The van der Waals surface area contributed by atoms with Crippen molar-refractivity contribution < 1.29 is 19.1 Å². The van der Waals surface area contributed by atoms with Crippen LogP contribution in [0.4, 0.5) is 4.79 Å². The van der Waals surface area contributed by atoms with Crippen molar-refractivity contribution in [3.05, 3.63) is 11.6 Å². The van der Waals surface area contributed by atoms with E-state index >= 15 is 0 Å². The van der Waals surface area contributed by atoms with Crippen molar-refractivity contribution in [1.29, 1.82) is 0 Å². The summed E-state index contributed by atoms with van der Waals surface area (Å²) in [7, 11) is 1.47. The van der Waals surface area contributed by atoms with Gasteiger partial charge in [0, 0.05) is 13.7 Å². The molecule has 0 aromatic rings. The van der Waals surface area contributed by atoms with E-state index in [0.29, 0.717) is 6.54 Å². The van der Waals surface area contributed by atoms with Crippen LogP contribution in [0.15, 0.2) is 11.6 Å². The van der Waals surface area contributed by atoms with E-state index in [1.807, 2.05) is 19.9 Å². The van der Waals surface area contributed by atoms with Crippen LogP contribution in [0.5, 0.6) is 0 Å². The normalized spacial score (nSPS) is 13.6. The molecule has 6 nitrogen and oxygen atoms in total. The fourth-order valence-electron chi connectivity index (χ4n) is 1.25. The number of methoxy groups -OCH3 is 1. The van der Waals surface area contributed by atoms with Gasteiger partial charge < -0.3 is 20.1 Å². The molecule has 0 radical (unpaired) electrons. The van der Waals surface area contributed by atoms with Crippen LogP contribution in [0.3, 0.4) is 0 Å². The molecule has 1 atom stereocenters. The number of nitrogens with one attached hydrogen (secondary N) is 2.